The number of anilines is 1. The zero-order valence-electron chi connectivity index (χ0n) is 19.0. The second kappa shape index (κ2) is 8.75. The summed E-state index contributed by atoms with van der Waals surface area (Å²) in [4.78, 5) is 31.6. The molecule has 0 unspecified atom stereocenters. The number of carbonyl (C=O) groups excluding carboxylic acids is 2. The molecule has 1 saturated heterocycles. The Balaban J connectivity index is 1.67. The molecule has 0 atom stereocenters. The van der Waals surface area contributed by atoms with Crippen molar-refractivity contribution < 1.29 is 18.0 Å². The van der Waals surface area contributed by atoms with Crippen molar-refractivity contribution in [3.8, 4) is 10.7 Å². The molecule has 0 radical (unpaired) electrons. The number of aromatic nitrogens is 2. The summed E-state index contributed by atoms with van der Waals surface area (Å²) in [5.74, 6) is -0.160. The van der Waals surface area contributed by atoms with Crippen LogP contribution in [0, 0.1) is 13.8 Å². The molecule has 4 rings (SSSR count). The van der Waals surface area contributed by atoms with Crippen molar-refractivity contribution in [2.45, 2.75) is 38.5 Å². The van der Waals surface area contributed by atoms with Gasteiger partial charge in [0.05, 0.1) is 11.4 Å². The molecule has 174 valence electrons. The Morgan fingerprint density at radius 3 is 2.48 bits per heavy atom. The van der Waals surface area contributed by atoms with Crippen molar-refractivity contribution in [1.29, 1.82) is 0 Å². The van der Waals surface area contributed by atoms with E-state index in [4.69, 9.17) is 0 Å². The lowest BCUT2D eigenvalue weighted by Crippen LogP contribution is -2.27. The highest BCUT2D eigenvalue weighted by atomic mass is 32.2. The zero-order chi connectivity index (χ0) is 23.9. The van der Waals surface area contributed by atoms with E-state index in [1.54, 1.807) is 49.7 Å². The maximum atomic E-state index is 13.2. The third-order valence-corrected chi connectivity index (χ3v) is 8.57. The van der Waals surface area contributed by atoms with E-state index in [0.29, 0.717) is 38.2 Å². The topological polar surface area (TPSA) is 101 Å². The lowest BCUT2D eigenvalue weighted by molar-refractivity contribution is 0.0796. The molecule has 1 N–H and O–H groups in total. The van der Waals surface area contributed by atoms with Crippen LogP contribution in [0.4, 0.5) is 5.69 Å². The van der Waals surface area contributed by atoms with Crippen molar-refractivity contribution in [3.05, 3.63) is 52.2 Å². The van der Waals surface area contributed by atoms with Gasteiger partial charge < -0.3 is 9.47 Å². The van der Waals surface area contributed by atoms with Crippen molar-refractivity contribution in [1.82, 2.24) is 14.5 Å². The normalized spacial score (nSPS) is 14.0. The fourth-order valence-electron chi connectivity index (χ4n) is 3.93. The number of rotatable bonds is 6. The summed E-state index contributed by atoms with van der Waals surface area (Å²) in [7, 11) is -2.13. The molecular weight excluding hydrogens is 460 g/mol. The number of nitrogens with zero attached hydrogens (tertiary/aromatic N) is 3. The Morgan fingerprint density at radius 1 is 1.12 bits per heavy atom. The maximum Gasteiger partial charge on any atom is 0.265 e. The van der Waals surface area contributed by atoms with Gasteiger partial charge in [0.2, 0.25) is 0 Å². The van der Waals surface area contributed by atoms with Gasteiger partial charge in [-0.15, -0.1) is 11.3 Å². The summed E-state index contributed by atoms with van der Waals surface area (Å²) in [6.45, 7) is 6.47. The largest absolute Gasteiger partial charge is 0.345 e. The second-order valence-electron chi connectivity index (χ2n) is 8.21. The van der Waals surface area contributed by atoms with Gasteiger partial charge >= 0.3 is 0 Å². The van der Waals surface area contributed by atoms with E-state index in [2.05, 4.69) is 9.71 Å². The van der Waals surface area contributed by atoms with Gasteiger partial charge in [0.25, 0.3) is 15.9 Å². The number of hydrogen-bond acceptors (Lipinski definition) is 6. The van der Waals surface area contributed by atoms with Crippen LogP contribution in [0.1, 0.15) is 51.2 Å². The molecule has 1 aliphatic rings. The lowest BCUT2D eigenvalue weighted by atomic mass is 10.1. The number of carbonyl (C=O) groups is 2. The van der Waals surface area contributed by atoms with Crippen molar-refractivity contribution in [2.24, 2.45) is 7.05 Å². The Labute approximate surface area is 197 Å². The highest BCUT2D eigenvalue weighted by molar-refractivity contribution is 7.92. The molecule has 0 aliphatic carbocycles. The van der Waals surface area contributed by atoms with E-state index in [9.17, 15) is 18.0 Å². The van der Waals surface area contributed by atoms with Gasteiger partial charge in [-0.2, -0.15) is 0 Å². The Bertz CT molecular complexity index is 1350. The first-order valence-electron chi connectivity index (χ1n) is 10.7. The van der Waals surface area contributed by atoms with Crippen molar-refractivity contribution >= 4 is 38.7 Å². The highest BCUT2D eigenvalue weighted by Crippen LogP contribution is 2.34. The maximum absolute atomic E-state index is 13.2. The SMILES string of the molecule is CC(=O)c1cccc(NS(=O)(=O)c2cc(-c3nc(C)c(C(=O)N4CCCC4)s3)n(C)c2C)c1. The van der Waals surface area contributed by atoms with E-state index in [0.717, 1.165) is 25.9 Å². The van der Waals surface area contributed by atoms with Crippen LogP contribution in [-0.2, 0) is 17.1 Å². The van der Waals surface area contributed by atoms with Crippen LogP contribution in [0.3, 0.4) is 0 Å². The van der Waals surface area contributed by atoms with Crippen molar-refractivity contribution in [3.63, 3.8) is 0 Å². The van der Waals surface area contributed by atoms with Crippen LogP contribution >= 0.6 is 11.3 Å². The first kappa shape index (κ1) is 23.2. The minimum atomic E-state index is -3.91. The summed E-state index contributed by atoms with van der Waals surface area (Å²) in [5.41, 5.74) is 2.55. The van der Waals surface area contributed by atoms with E-state index >= 15 is 0 Å². The number of thiazole rings is 1. The molecule has 0 saturated carbocycles. The van der Waals surface area contributed by atoms with Gasteiger partial charge in [0.15, 0.2) is 5.78 Å². The first-order chi connectivity index (χ1) is 15.6. The number of hydrogen-bond donors (Lipinski definition) is 1. The minimum Gasteiger partial charge on any atom is -0.345 e. The first-order valence-corrected chi connectivity index (χ1v) is 13.0. The number of Topliss-reactive ketones (excluding diaryl/α,β-unsaturated/α-hetero) is 1. The summed E-state index contributed by atoms with van der Waals surface area (Å²) >= 11 is 1.29. The predicted molar refractivity (Wildman–Crippen MR) is 128 cm³/mol. The number of sulfonamides is 1. The standard InChI is InChI=1S/C23H26N4O4S2/c1-14-21(23(29)27-10-5-6-11-27)32-22(24-14)19-13-20(15(2)26(19)4)33(30,31)25-18-9-7-8-17(12-18)16(3)28/h7-9,12-13,25H,5-6,10-11H2,1-4H3. The Hall–Kier alpha value is -2.98. The van der Waals surface area contributed by atoms with E-state index in [1.807, 2.05) is 4.90 Å². The van der Waals surface area contributed by atoms with Gasteiger partial charge in [0, 0.05) is 37.1 Å². The molecular formula is C23H26N4O4S2. The molecule has 2 aromatic heterocycles. The molecule has 1 amide bonds. The molecule has 33 heavy (non-hydrogen) atoms. The zero-order valence-corrected chi connectivity index (χ0v) is 20.6. The Morgan fingerprint density at radius 2 is 1.82 bits per heavy atom. The molecule has 8 nitrogen and oxygen atoms in total. The monoisotopic (exact) mass is 486 g/mol. The number of likely N-dealkylation sites (tertiary alicyclic amines) is 1. The van der Waals surface area contributed by atoms with E-state index in [1.165, 1.54) is 24.3 Å². The molecule has 3 heterocycles. The van der Waals surface area contributed by atoms with Crippen LogP contribution in [0.5, 0.6) is 0 Å². The van der Waals surface area contributed by atoms with E-state index < -0.39 is 10.0 Å². The van der Waals surface area contributed by atoms with Crippen LogP contribution in [0.15, 0.2) is 35.2 Å². The third-order valence-electron chi connectivity index (χ3n) is 5.90. The summed E-state index contributed by atoms with van der Waals surface area (Å²) in [6.07, 6.45) is 2.02. The summed E-state index contributed by atoms with van der Waals surface area (Å²) in [5, 5.41) is 0.598. The minimum absolute atomic E-state index is 0.0143. The summed E-state index contributed by atoms with van der Waals surface area (Å²) < 4.78 is 30.7. The number of nitrogens with one attached hydrogen (secondary N) is 1. The molecule has 1 aromatic carbocycles. The predicted octanol–water partition coefficient (Wildman–Crippen LogP) is 4.00. The second-order valence-corrected chi connectivity index (χ2v) is 10.9. The number of amides is 1. The fraction of sp³-hybridized carbons (Fsp3) is 0.348. The van der Waals surface area contributed by atoms with Gasteiger partial charge in [-0.25, -0.2) is 13.4 Å². The summed E-state index contributed by atoms with van der Waals surface area (Å²) in [6, 6.07) is 7.96. The highest BCUT2D eigenvalue weighted by Gasteiger charge is 2.27. The molecule has 10 heteroatoms. The molecule has 0 bridgehead atoms. The Kier molecular flexibility index (Phi) is 6.15. The van der Waals surface area contributed by atoms with Crippen LogP contribution in [0.2, 0.25) is 0 Å². The van der Waals surface area contributed by atoms with Gasteiger partial charge in [-0.05, 0) is 51.8 Å². The molecule has 3 aromatic rings. The van der Waals surface area contributed by atoms with Crippen LogP contribution in [0.25, 0.3) is 10.7 Å². The molecule has 1 aliphatic heterocycles. The fourth-order valence-corrected chi connectivity index (χ4v) is 6.35. The van der Waals surface area contributed by atoms with Gasteiger partial charge in [-0.3, -0.25) is 14.3 Å². The number of ketones is 1. The number of benzene rings is 1. The average Bonchev–Trinajstić information content (AvgIpc) is 3.48. The van der Waals surface area contributed by atoms with Crippen molar-refractivity contribution in [2.75, 3.05) is 17.8 Å². The molecule has 1 fully saturated rings. The average molecular weight is 487 g/mol. The van der Waals surface area contributed by atoms with Crippen LogP contribution in [-0.4, -0.2) is 47.6 Å². The smallest absolute Gasteiger partial charge is 0.265 e. The van der Waals surface area contributed by atoms with E-state index in [-0.39, 0.29) is 16.6 Å². The third kappa shape index (κ3) is 4.45. The van der Waals surface area contributed by atoms with Crippen LogP contribution < -0.4 is 4.72 Å². The lowest BCUT2D eigenvalue weighted by Gasteiger charge is -2.13. The van der Waals surface area contributed by atoms with Gasteiger partial charge in [0.1, 0.15) is 14.8 Å². The number of aryl methyl sites for hydroxylation is 1. The molecule has 0 spiro atoms. The quantitative estimate of drug-likeness (QED) is 0.531. The van der Waals surface area contributed by atoms with Gasteiger partial charge in [-0.1, -0.05) is 12.1 Å².